The van der Waals surface area contributed by atoms with Crippen molar-refractivity contribution >= 4 is 56.9 Å². The number of aryl methyl sites for hydroxylation is 1. The van der Waals surface area contributed by atoms with E-state index >= 15 is 0 Å². The molecular weight excluding hydrogens is 714 g/mol. The van der Waals surface area contributed by atoms with E-state index in [0.29, 0.717) is 42.0 Å². The minimum absolute atomic E-state index is 0.0353. The molecule has 3 aliphatic heterocycles. The van der Waals surface area contributed by atoms with Gasteiger partial charge in [0.2, 0.25) is 11.8 Å². The Bertz CT molecular complexity index is 1550. The van der Waals surface area contributed by atoms with Crippen LogP contribution in [-0.2, 0) is 28.7 Å². The van der Waals surface area contributed by atoms with Crippen LogP contribution in [0.15, 0.2) is 73.8 Å². The van der Waals surface area contributed by atoms with Gasteiger partial charge in [0.25, 0.3) is 5.91 Å². The first-order chi connectivity index (χ1) is 23.6. The minimum atomic E-state index is -1.33. The molecule has 0 saturated carbocycles. The number of likely N-dealkylation sites (tertiary alicyclic amines) is 1. The second-order valence-electron chi connectivity index (χ2n) is 12.7. The number of alkyl halides is 1. The molecule has 1 spiro atoms. The lowest BCUT2D eigenvalue weighted by Crippen LogP contribution is -2.57. The number of ether oxygens (including phenoxy) is 2. The smallest absolute Gasteiger partial charge is 0.313 e. The van der Waals surface area contributed by atoms with Crippen LogP contribution in [0.4, 0.5) is 5.69 Å². The maximum absolute atomic E-state index is 14.8. The maximum Gasteiger partial charge on any atom is 0.313 e. The average Bonchev–Trinajstić information content (AvgIpc) is 3.68. The fourth-order valence-electron chi connectivity index (χ4n) is 7.49. The third kappa shape index (κ3) is 7.22. The monoisotopic (exact) mass is 755 g/mol. The van der Waals surface area contributed by atoms with Crippen LogP contribution in [0, 0.1) is 18.8 Å². The predicted octanol–water partition coefficient (Wildman–Crippen LogP) is 5.05. The number of benzene rings is 2. The summed E-state index contributed by atoms with van der Waals surface area (Å²) in [6.07, 6.45) is 3.64. The molecule has 2 aromatic rings. The second-order valence-corrected chi connectivity index (χ2v) is 14.3. The highest BCUT2D eigenvalue weighted by atomic mass is 79.9. The van der Waals surface area contributed by atoms with E-state index in [0.717, 1.165) is 5.56 Å². The number of halogens is 2. The van der Waals surface area contributed by atoms with Crippen molar-refractivity contribution < 1.29 is 33.8 Å². The van der Waals surface area contributed by atoms with Gasteiger partial charge in [0.05, 0.1) is 35.2 Å². The van der Waals surface area contributed by atoms with E-state index in [9.17, 15) is 24.3 Å². The molecule has 0 aromatic heterocycles. The standard InChI is InChI=1S/C37H43BrClN3O7/c1-4-6-17-28(44)40-22-27(24-14-8-7-9-15-24)48-36(47)29-30-34(45)42(19-10-11-20-43)33(37(30)21-25(38)32(29)49-37)35(46)41(18-5-2)31-23(3)13-12-16-26(31)39/h4-5,7-9,12-16,25,27,29-30,32-33,43H,1-2,6,10-11,17-22H2,3H3,(H,40,44)/t25?,27-,29+,30-,32+,33+,37-/m0/s1. The summed E-state index contributed by atoms with van der Waals surface area (Å²) in [6, 6.07) is 13.4. The van der Waals surface area contributed by atoms with Crippen molar-refractivity contribution in [1.82, 2.24) is 10.2 Å². The largest absolute Gasteiger partial charge is 0.455 e. The van der Waals surface area contributed by atoms with Crippen molar-refractivity contribution in [2.45, 2.75) is 67.7 Å². The number of aliphatic hydroxyl groups excluding tert-OH is 1. The number of amides is 3. The molecule has 2 aromatic carbocycles. The second kappa shape index (κ2) is 16.0. The van der Waals surface area contributed by atoms with Crippen molar-refractivity contribution in [2.24, 2.45) is 11.8 Å². The van der Waals surface area contributed by atoms with Gasteiger partial charge in [-0.3, -0.25) is 19.2 Å². The number of allylic oxidation sites excluding steroid dienone is 1. The zero-order valence-electron chi connectivity index (χ0n) is 27.6. The quantitative estimate of drug-likeness (QED) is 0.106. The van der Waals surface area contributed by atoms with Crippen molar-refractivity contribution in [3.63, 3.8) is 0 Å². The SMILES string of the molecule is C=CCCC(=O)NC[C@H](OC(=O)[C@H]1[C@@H]2O[C@@]3(CC2Br)[C@@H]1C(=O)N(CCCCO)[C@@H]3C(=O)N(CC=C)c1c(C)cccc1Cl)c1ccccc1. The average molecular weight is 757 g/mol. The molecular formula is C37H43BrClN3O7. The summed E-state index contributed by atoms with van der Waals surface area (Å²) < 4.78 is 12.8. The van der Waals surface area contributed by atoms with Gasteiger partial charge in [-0.25, -0.2) is 0 Å². The minimum Gasteiger partial charge on any atom is -0.455 e. The molecule has 12 heteroatoms. The van der Waals surface area contributed by atoms with Crippen molar-refractivity contribution in [3.05, 3.63) is 90.0 Å². The number of anilines is 1. The number of fused-ring (bicyclic) bond motifs is 1. The van der Waals surface area contributed by atoms with Crippen LogP contribution < -0.4 is 10.2 Å². The molecule has 2 N–H and O–H groups in total. The van der Waals surface area contributed by atoms with E-state index in [2.05, 4.69) is 34.4 Å². The molecule has 3 saturated heterocycles. The van der Waals surface area contributed by atoms with Gasteiger partial charge < -0.3 is 29.7 Å². The molecule has 2 bridgehead atoms. The van der Waals surface area contributed by atoms with Gasteiger partial charge in [0.1, 0.15) is 17.7 Å². The van der Waals surface area contributed by atoms with E-state index in [4.69, 9.17) is 21.1 Å². The Morgan fingerprint density at radius 2 is 1.94 bits per heavy atom. The number of esters is 1. The fraction of sp³-hybridized carbons (Fsp3) is 0.459. The molecule has 10 nitrogen and oxygen atoms in total. The van der Waals surface area contributed by atoms with Gasteiger partial charge in [-0.1, -0.05) is 82.1 Å². The molecule has 3 aliphatic rings. The number of carbonyl (C=O) groups excluding carboxylic acids is 4. The number of aliphatic hydroxyl groups is 1. The first kappa shape index (κ1) is 36.8. The third-order valence-corrected chi connectivity index (χ3v) is 10.8. The normalized spacial score (nSPS) is 25.8. The number of nitrogens with zero attached hydrogens (tertiary/aromatic N) is 2. The van der Waals surface area contributed by atoms with E-state index in [1.165, 1.54) is 9.80 Å². The van der Waals surface area contributed by atoms with Crippen molar-refractivity contribution in [3.8, 4) is 0 Å². The highest BCUT2D eigenvalue weighted by Crippen LogP contribution is 2.60. The number of hydrogen-bond donors (Lipinski definition) is 2. The summed E-state index contributed by atoms with van der Waals surface area (Å²) >= 11 is 10.4. The van der Waals surface area contributed by atoms with Gasteiger partial charge in [-0.15, -0.1) is 13.2 Å². The van der Waals surface area contributed by atoms with Gasteiger partial charge in [0.15, 0.2) is 0 Å². The van der Waals surface area contributed by atoms with Gasteiger partial charge >= 0.3 is 5.97 Å². The number of rotatable bonds is 16. The van der Waals surface area contributed by atoms with E-state index in [1.807, 2.05) is 43.3 Å². The topological polar surface area (TPSA) is 125 Å². The highest BCUT2D eigenvalue weighted by molar-refractivity contribution is 9.09. The van der Waals surface area contributed by atoms with Crippen LogP contribution >= 0.6 is 27.5 Å². The van der Waals surface area contributed by atoms with Crippen LogP contribution in [-0.4, -0.2) is 82.5 Å². The maximum atomic E-state index is 14.8. The Morgan fingerprint density at radius 3 is 2.61 bits per heavy atom. The first-order valence-corrected chi connectivity index (χ1v) is 17.9. The number of carbonyl (C=O) groups is 4. The summed E-state index contributed by atoms with van der Waals surface area (Å²) in [4.78, 5) is 58.8. The zero-order chi connectivity index (χ0) is 35.3. The van der Waals surface area contributed by atoms with Crippen molar-refractivity contribution in [2.75, 3.05) is 31.1 Å². The third-order valence-electron chi connectivity index (χ3n) is 9.63. The van der Waals surface area contributed by atoms with Gasteiger partial charge in [-0.05, 0) is 49.8 Å². The van der Waals surface area contributed by atoms with Crippen LogP contribution in [0.3, 0.4) is 0 Å². The molecule has 7 atom stereocenters. The molecule has 0 radical (unpaired) electrons. The van der Waals surface area contributed by atoms with E-state index < -0.39 is 47.6 Å². The molecule has 3 amide bonds. The Balaban J connectivity index is 1.50. The summed E-state index contributed by atoms with van der Waals surface area (Å²) in [5.74, 6) is -3.61. The number of nitrogens with one attached hydrogen (secondary N) is 1. The molecule has 5 rings (SSSR count). The Kier molecular flexibility index (Phi) is 12.0. The summed E-state index contributed by atoms with van der Waals surface area (Å²) in [6.45, 7) is 9.66. The summed E-state index contributed by atoms with van der Waals surface area (Å²) in [7, 11) is 0. The lowest BCUT2D eigenvalue weighted by molar-refractivity contribution is -0.160. The van der Waals surface area contributed by atoms with Gasteiger partial charge in [0, 0.05) is 30.9 Å². The molecule has 0 aliphatic carbocycles. The predicted molar refractivity (Wildman–Crippen MR) is 190 cm³/mol. The molecule has 49 heavy (non-hydrogen) atoms. The Hall–Kier alpha value is -3.51. The summed E-state index contributed by atoms with van der Waals surface area (Å²) in [5.41, 5.74) is 0.635. The first-order valence-electron chi connectivity index (χ1n) is 16.6. The van der Waals surface area contributed by atoms with E-state index in [1.54, 1.807) is 24.3 Å². The lowest BCUT2D eigenvalue weighted by Gasteiger charge is -2.37. The highest BCUT2D eigenvalue weighted by Gasteiger charge is 2.77. The number of unbranched alkanes of at least 4 members (excludes halogenated alkanes) is 1. The molecule has 3 heterocycles. The van der Waals surface area contributed by atoms with Crippen LogP contribution in [0.25, 0.3) is 0 Å². The van der Waals surface area contributed by atoms with E-state index in [-0.39, 0.29) is 49.3 Å². The van der Waals surface area contributed by atoms with Crippen LogP contribution in [0.2, 0.25) is 5.02 Å². The molecule has 1 unspecified atom stereocenters. The van der Waals surface area contributed by atoms with Gasteiger partial charge in [-0.2, -0.15) is 0 Å². The van der Waals surface area contributed by atoms with Crippen LogP contribution in [0.1, 0.15) is 49.3 Å². The van der Waals surface area contributed by atoms with Crippen LogP contribution in [0.5, 0.6) is 0 Å². The molecule has 262 valence electrons. The Morgan fingerprint density at radius 1 is 1.18 bits per heavy atom. The van der Waals surface area contributed by atoms with Crippen molar-refractivity contribution in [1.29, 1.82) is 0 Å². The fourth-order valence-corrected chi connectivity index (χ4v) is 8.75. The molecule has 3 fully saturated rings. The number of para-hydroxylation sites is 1. The summed E-state index contributed by atoms with van der Waals surface area (Å²) in [5, 5.41) is 12.8. The Labute approximate surface area is 300 Å². The zero-order valence-corrected chi connectivity index (χ0v) is 29.9. The number of hydrogen-bond acceptors (Lipinski definition) is 7. The lowest BCUT2D eigenvalue weighted by atomic mass is 9.70.